The minimum Gasteiger partial charge on any atom is -0.497 e. The highest BCUT2D eigenvalue weighted by Gasteiger charge is 2.06. The molecule has 0 aliphatic heterocycles. The fraction of sp³-hybridized carbons (Fsp3) is 0.333. The van der Waals surface area contributed by atoms with Crippen molar-refractivity contribution in [3.63, 3.8) is 0 Å². The second kappa shape index (κ2) is 5.22. The molecule has 96 valence electrons. The number of fused-ring (bicyclic) bond motifs is 1. The van der Waals surface area contributed by atoms with E-state index in [4.69, 9.17) is 22.7 Å². The monoisotopic (exact) mass is 265 g/mol. The number of carbonyl (C=O) groups excluding carboxylic acids is 1. The number of carbonyl (C=O) groups is 1. The number of nitrogens with two attached hydrogens (primary N) is 1. The maximum absolute atomic E-state index is 10.7. The van der Waals surface area contributed by atoms with Gasteiger partial charge in [0.15, 0.2) is 4.77 Å². The van der Waals surface area contributed by atoms with Gasteiger partial charge in [-0.3, -0.25) is 4.79 Å². The average molecular weight is 265 g/mol. The molecule has 0 fully saturated rings. The van der Waals surface area contributed by atoms with E-state index in [0.29, 0.717) is 24.2 Å². The minimum atomic E-state index is -0.289. The number of ether oxygens (including phenoxy) is 1. The lowest BCUT2D eigenvalue weighted by Crippen LogP contribution is -2.11. The van der Waals surface area contributed by atoms with Crippen LogP contribution in [-0.4, -0.2) is 22.6 Å². The van der Waals surface area contributed by atoms with Gasteiger partial charge in [0, 0.05) is 19.0 Å². The van der Waals surface area contributed by atoms with Crippen molar-refractivity contribution in [3.8, 4) is 5.75 Å². The number of hydrogen-bond donors (Lipinski definition) is 2. The van der Waals surface area contributed by atoms with E-state index in [1.165, 1.54) is 0 Å². The number of methoxy groups -OCH3 is 1. The Morgan fingerprint density at radius 1 is 1.56 bits per heavy atom. The highest BCUT2D eigenvalue weighted by Crippen LogP contribution is 2.20. The van der Waals surface area contributed by atoms with Crippen molar-refractivity contribution >= 4 is 29.2 Å². The van der Waals surface area contributed by atoms with Crippen molar-refractivity contribution in [2.75, 3.05) is 7.11 Å². The van der Waals surface area contributed by atoms with Crippen molar-refractivity contribution in [3.05, 3.63) is 23.0 Å². The summed E-state index contributed by atoms with van der Waals surface area (Å²) in [4.78, 5) is 13.8. The summed E-state index contributed by atoms with van der Waals surface area (Å²) >= 11 is 5.26. The zero-order valence-corrected chi connectivity index (χ0v) is 10.9. The molecule has 0 bridgehead atoms. The molecule has 1 aromatic heterocycles. The Bertz CT molecular complexity index is 630. The van der Waals surface area contributed by atoms with E-state index in [1.807, 2.05) is 22.8 Å². The van der Waals surface area contributed by atoms with Crippen LogP contribution in [0.2, 0.25) is 0 Å². The third kappa shape index (κ3) is 2.53. The molecule has 0 radical (unpaired) electrons. The molecule has 0 unspecified atom stereocenters. The average Bonchev–Trinajstić information content (AvgIpc) is 2.64. The molecule has 5 nitrogen and oxygen atoms in total. The van der Waals surface area contributed by atoms with Gasteiger partial charge in [0.2, 0.25) is 5.91 Å². The smallest absolute Gasteiger partial charge is 0.217 e. The number of rotatable bonds is 5. The van der Waals surface area contributed by atoms with E-state index in [-0.39, 0.29) is 5.91 Å². The number of aryl methyl sites for hydroxylation is 1. The van der Waals surface area contributed by atoms with Gasteiger partial charge >= 0.3 is 0 Å². The van der Waals surface area contributed by atoms with Gasteiger partial charge in [-0.2, -0.15) is 0 Å². The number of hydrogen-bond acceptors (Lipinski definition) is 3. The van der Waals surface area contributed by atoms with Crippen LogP contribution in [-0.2, 0) is 11.3 Å². The molecule has 6 heteroatoms. The molecule has 0 saturated heterocycles. The number of amides is 1. The second-order valence-corrected chi connectivity index (χ2v) is 4.42. The number of nitrogens with zero attached hydrogens (tertiary/aromatic N) is 1. The summed E-state index contributed by atoms with van der Waals surface area (Å²) in [5, 5.41) is 0. The number of benzene rings is 1. The molecule has 2 rings (SSSR count). The van der Waals surface area contributed by atoms with Crippen LogP contribution in [0.15, 0.2) is 18.2 Å². The molecule has 1 heterocycles. The van der Waals surface area contributed by atoms with Crippen LogP contribution in [0, 0.1) is 4.77 Å². The summed E-state index contributed by atoms with van der Waals surface area (Å²) in [6.45, 7) is 0.675. The Labute approximate surface area is 110 Å². The summed E-state index contributed by atoms with van der Waals surface area (Å²) in [7, 11) is 1.62. The maximum Gasteiger partial charge on any atom is 0.217 e. The van der Waals surface area contributed by atoms with E-state index in [0.717, 1.165) is 16.8 Å². The lowest BCUT2D eigenvalue weighted by Gasteiger charge is -2.04. The Morgan fingerprint density at radius 2 is 2.33 bits per heavy atom. The van der Waals surface area contributed by atoms with Crippen LogP contribution >= 0.6 is 12.2 Å². The number of imidazole rings is 1. The quantitative estimate of drug-likeness (QED) is 0.812. The standard InChI is InChI=1S/C12H15N3O2S/c1-17-8-4-5-10-9(7-8)14-12(18)15(10)6-2-3-11(13)16/h4-5,7H,2-3,6H2,1H3,(H2,13,16)(H,14,18). The number of primary amides is 1. The number of H-pyrrole nitrogens is 1. The van der Waals surface area contributed by atoms with Crippen molar-refractivity contribution in [1.29, 1.82) is 0 Å². The molecule has 0 spiro atoms. The molecule has 0 saturated carbocycles. The van der Waals surface area contributed by atoms with Crippen LogP contribution < -0.4 is 10.5 Å². The number of aromatic nitrogens is 2. The van der Waals surface area contributed by atoms with Gasteiger partial charge < -0.3 is 20.0 Å². The van der Waals surface area contributed by atoms with Gasteiger partial charge in [-0.15, -0.1) is 0 Å². The fourth-order valence-corrected chi connectivity index (χ4v) is 2.20. The van der Waals surface area contributed by atoms with Crippen LogP contribution in [0.3, 0.4) is 0 Å². The van der Waals surface area contributed by atoms with E-state index in [2.05, 4.69) is 4.98 Å². The van der Waals surface area contributed by atoms with Crippen molar-refractivity contribution in [2.45, 2.75) is 19.4 Å². The molecule has 0 atom stereocenters. The summed E-state index contributed by atoms with van der Waals surface area (Å²) in [5.41, 5.74) is 7.06. The van der Waals surface area contributed by atoms with Crippen LogP contribution in [0.1, 0.15) is 12.8 Å². The highest BCUT2D eigenvalue weighted by atomic mass is 32.1. The highest BCUT2D eigenvalue weighted by molar-refractivity contribution is 7.71. The first-order valence-electron chi connectivity index (χ1n) is 5.66. The molecule has 3 N–H and O–H groups in total. The molecule has 0 aliphatic carbocycles. The predicted molar refractivity (Wildman–Crippen MR) is 72.1 cm³/mol. The van der Waals surface area contributed by atoms with E-state index in [9.17, 15) is 4.79 Å². The molecule has 18 heavy (non-hydrogen) atoms. The van der Waals surface area contributed by atoms with Gasteiger partial charge in [0.05, 0.1) is 18.1 Å². The molecular weight excluding hydrogens is 250 g/mol. The lowest BCUT2D eigenvalue weighted by atomic mass is 10.2. The first kappa shape index (κ1) is 12.6. The lowest BCUT2D eigenvalue weighted by molar-refractivity contribution is -0.118. The second-order valence-electron chi connectivity index (χ2n) is 4.03. The first-order valence-corrected chi connectivity index (χ1v) is 6.07. The summed E-state index contributed by atoms with van der Waals surface area (Å²) < 4.78 is 7.77. The SMILES string of the molecule is COc1ccc2c(c1)[nH]c(=S)n2CCCC(N)=O. The van der Waals surface area contributed by atoms with Gasteiger partial charge in [-0.05, 0) is 30.8 Å². The molecule has 2 aromatic rings. The Balaban J connectivity index is 2.30. The van der Waals surface area contributed by atoms with Crippen molar-refractivity contribution in [1.82, 2.24) is 9.55 Å². The normalized spacial score (nSPS) is 10.7. The fourth-order valence-electron chi connectivity index (χ4n) is 1.90. The van der Waals surface area contributed by atoms with Crippen molar-refractivity contribution < 1.29 is 9.53 Å². The Morgan fingerprint density at radius 3 is 3.00 bits per heavy atom. The largest absolute Gasteiger partial charge is 0.497 e. The summed E-state index contributed by atoms with van der Waals surface area (Å²) in [6.07, 6.45) is 1.05. The van der Waals surface area contributed by atoms with Gasteiger partial charge in [-0.1, -0.05) is 0 Å². The maximum atomic E-state index is 10.7. The zero-order chi connectivity index (χ0) is 13.1. The molecular formula is C12H15N3O2S. The Hall–Kier alpha value is -1.82. The summed E-state index contributed by atoms with van der Waals surface area (Å²) in [5.74, 6) is 0.492. The number of aromatic amines is 1. The van der Waals surface area contributed by atoms with Gasteiger partial charge in [0.1, 0.15) is 5.75 Å². The van der Waals surface area contributed by atoms with Crippen LogP contribution in [0.4, 0.5) is 0 Å². The van der Waals surface area contributed by atoms with Crippen LogP contribution in [0.5, 0.6) is 5.75 Å². The van der Waals surface area contributed by atoms with Gasteiger partial charge in [-0.25, -0.2) is 0 Å². The van der Waals surface area contributed by atoms with E-state index in [1.54, 1.807) is 7.11 Å². The van der Waals surface area contributed by atoms with E-state index >= 15 is 0 Å². The first-order chi connectivity index (χ1) is 8.61. The van der Waals surface area contributed by atoms with Crippen LogP contribution in [0.25, 0.3) is 11.0 Å². The van der Waals surface area contributed by atoms with E-state index < -0.39 is 0 Å². The summed E-state index contributed by atoms with van der Waals surface area (Å²) in [6, 6.07) is 5.73. The zero-order valence-electron chi connectivity index (χ0n) is 10.1. The molecule has 1 amide bonds. The topological polar surface area (TPSA) is 73.0 Å². The number of nitrogens with one attached hydrogen (secondary N) is 1. The third-order valence-electron chi connectivity index (χ3n) is 2.79. The predicted octanol–water partition coefficient (Wildman–Crippen LogP) is 1.97. The molecule has 1 aromatic carbocycles. The minimum absolute atomic E-state index is 0.289. The third-order valence-corrected chi connectivity index (χ3v) is 3.11. The molecule has 0 aliphatic rings. The Kier molecular flexibility index (Phi) is 3.66. The van der Waals surface area contributed by atoms with Crippen molar-refractivity contribution in [2.24, 2.45) is 5.73 Å². The van der Waals surface area contributed by atoms with Gasteiger partial charge in [0.25, 0.3) is 0 Å².